The minimum Gasteiger partial charge on any atom is -0.456 e. The van der Waals surface area contributed by atoms with Gasteiger partial charge in [-0.3, -0.25) is 0 Å². The van der Waals surface area contributed by atoms with Gasteiger partial charge in [0.2, 0.25) is 0 Å². The van der Waals surface area contributed by atoms with Gasteiger partial charge in [0.15, 0.2) is 0 Å². The Hall–Kier alpha value is -3.00. The predicted octanol–water partition coefficient (Wildman–Crippen LogP) is 8.44. The van der Waals surface area contributed by atoms with Gasteiger partial charge in [0, 0.05) is 22.3 Å². The molecule has 0 amide bonds. The Morgan fingerprint density at radius 2 is 1.30 bits per heavy atom. The highest BCUT2D eigenvalue weighted by molar-refractivity contribution is 5.87. The Morgan fingerprint density at radius 1 is 0.667 bits per heavy atom. The minimum absolute atomic E-state index is 0.0631. The molecule has 154 valence electrons. The van der Waals surface area contributed by atoms with Gasteiger partial charge in [0.1, 0.15) is 11.3 Å². The maximum Gasteiger partial charge on any atom is 0.137 e. The van der Waals surface area contributed by atoms with Crippen LogP contribution in [0.4, 0.5) is 11.4 Å². The SMILES string of the molecule is CC(C)(C)c1ccc(Nc2ccc(C(C)(C)C)cc2-c2cc3ccccc3o2)cc1. The van der Waals surface area contributed by atoms with E-state index in [1.807, 2.05) is 18.2 Å². The lowest BCUT2D eigenvalue weighted by Crippen LogP contribution is -2.11. The van der Waals surface area contributed by atoms with Crippen LogP contribution in [-0.2, 0) is 10.8 Å². The first-order valence-corrected chi connectivity index (χ1v) is 10.6. The molecule has 0 aliphatic heterocycles. The predicted molar refractivity (Wildman–Crippen MR) is 129 cm³/mol. The topological polar surface area (TPSA) is 25.2 Å². The summed E-state index contributed by atoms with van der Waals surface area (Å²) in [5.74, 6) is 0.885. The van der Waals surface area contributed by atoms with E-state index in [1.54, 1.807) is 0 Å². The van der Waals surface area contributed by atoms with Gasteiger partial charge in [-0.05, 0) is 58.4 Å². The molecule has 0 spiro atoms. The van der Waals surface area contributed by atoms with E-state index < -0.39 is 0 Å². The summed E-state index contributed by atoms with van der Waals surface area (Å²) in [6.07, 6.45) is 0. The third kappa shape index (κ3) is 4.14. The fourth-order valence-electron chi connectivity index (χ4n) is 3.65. The maximum absolute atomic E-state index is 6.22. The Bertz CT molecular complexity index is 1130. The number of anilines is 2. The second-order valence-corrected chi connectivity index (χ2v) is 10.1. The Kier molecular flexibility index (Phi) is 4.97. The van der Waals surface area contributed by atoms with Crippen LogP contribution in [0.25, 0.3) is 22.3 Å². The van der Waals surface area contributed by atoms with Crippen LogP contribution in [0, 0.1) is 0 Å². The van der Waals surface area contributed by atoms with Gasteiger partial charge in [-0.25, -0.2) is 0 Å². The third-order valence-corrected chi connectivity index (χ3v) is 5.61. The van der Waals surface area contributed by atoms with Gasteiger partial charge >= 0.3 is 0 Å². The zero-order chi connectivity index (χ0) is 21.5. The number of hydrogen-bond donors (Lipinski definition) is 1. The van der Waals surface area contributed by atoms with Gasteiger partial charge in [0.05, 0.1) is 0 Å². The molecule has 2 nitrogen and oxygen atoms in total. The number of furan rings is 1. The van der Waals surface area contributed by atoms with Crippen molar-refractivity contribution in [3.8, 4) is 11.3 Å². The summed E-state index contributed by atoms with van der Waals surface area (Å²) >= 11 is 0. The molecular formula is C28H31NO. The summed E-state index contributed by atoms with van der Waals surface area (Å²) in [4.78, 5) is 0. The highest BCUT2D eigenvalue weighted by Crippen LogP contribution is 2.37. The zero-order valence-corrected chi connectivity index (χ0v) is 18.8. The van der Waals surface area contributed by atoms with Gasteiger partial charge in [-0.15, -0.1) is 0 Å². The quantitative estimate of drug-likeness (QED) is 0.375. The van der Waals surface area contributed by atoms with Crippen LogP contribution in [0.15, 0.2) is 77.2 Å². The fourth-order valence-corrected chi connectivity index (χ4v) is 3.65. The highest BCUT2D eigenvalue weighted by atomic mass is 16.3. The molecule has 0 bridgehead atoms. The Morgan fingerprint density at radius 3 is 1.93 bits per heavy atom. The molecule has 0 atom stereocenters. The van der Waals surface area contributed by atoms with E-state index in [1.165, 1.54) is 11.1 Å². The van der Waals surface area contributed by atoms with Crippen LogP contribution >= 0.6 is 0 Å². The van der Waals surface area contributed by atoms with Crippen LogP contribution < -0.4 is 5.32 Å². The molecule has 1 aromatic heterocycles. The van der Waals surface area contributed by atoms with Crippen LogP contribution in [0.3, 0.4) is 0 Å². The van der Waals surface area contributed by atoms with Crippen molar-refractivity contribution in [2.45, 2.75) is 52.4 Å². The smallest absolute Gasteiger partial charge is 0.137 e. The first-order valence-electron chi connectivity index (χ1n) is 10.6. The number of rotatable bonds is 3. The normalized spacial score (nSPS) is 12.3. The molecule has 4 rings (SSSR count). The molecule has 1 heterocycles. The zero-order valence-electron chi connectivity index (χ0n) is 18.8. The molecule has 3 aromatic carbocycles. The average Bonchev–Trinajstić information content (AvgIpc) is 3.11. The van der Waals surface area contributed by atoms with Crippen molar-refractivity contribution in [3.05, 3.63) is 83.9 Å². The molecule has 0 unspecified atom stereocenters. The molecule has 0 aliphatic carbocycles. The number of fused-ring (bicyclic) bond motifs is 1. The second-order valence-electron chi connectivity index (χ2n) is 10.1. The van der Waals surface area contributed by atoms with Crippen molar-refractivity contribution in [2.24, 2.45) is 0 Å². The number of benzene rings is 3. The standard InChI is InChI=1S/C28H31NO/c1-27(2,3)20-11-14-22(15-12-20)29-24-16-13-21(28(4,5)6)18-23(24)26-17-19-9-7-8-10-25(19)30-26/h7-18,29H,1-6H3. The summed E-state index contributed by atoms with van der Waals surface area (Å²) in [6, 6.07) is 25.6. The molecule has 0 saturated heterocycles. The van der Waals surface area contributed by atoms with E-state index in [0.29, 0.717) is 0 Å². The van der Waals surface area contributed by atoms with E-state index in [2.05, 4.69) is 101 Å². The maximum atomic E-state index is 6.22. The summed E-state index contributed by atoms with van der Waals surface area (Å²) in [6.45, 7) is 13.4. The van der Waals surface area contributed by atoms with Crippen molar-refractivity contribution in [2.75, 3.05) is 5.32 Å². The van der Waals surface area contributed by atoms with Crippen LogP contribution in [0.2, 0.25) is 0 Å². The molecular weight excluding hydrogens is 366 g/mol. The highest BCUT2D eigenvalue weighted by Gasteiger charge is 2.19. The summed E-state index contributed by atoms with van der Waals surface area (Å²) < 4.78 is 6.22. The first kappa shape index (κ1) is 20.3. The molecule has 30 heavy (non-hydrogen) atoms. The minimum atomic E-state index is 0.0631. The van der Waals surface area contributed by atoms with E-state index in [4.69, 9.17) is 4.42 Å². The van der Waals surface area contributed by atoms with Crippen molar-refractivity contribution in [3.63, 3.8) is 0 Å². The largest absolute Gasteiger partial charge is 0.456 e. The summed E-state index contributed by atoms with van der Waals surface area (Å²) in [7, 11) is 0. The van der Waals surface area contributed by atoms with E-state index >= 15 is 0 Å². The van der Waals surface area contributed by atoms with Crippen molar-refractivity contribution >= 4 is 22.3 Å². The summed E-state index contributed by atoms with van der Waals surface area (Å²) in [5.41, 5.74) is 6.93. The Labute approximate surface area is 179 Å². The van der Waals surface area contributed by atoms with Crippen molar-refractivity contribution < 1.29 is 4.42 Å². The lowest BCUT2D eigenvalue weighted by molar-refractivity contribution is 0.589. The first-order chi connectivity index (χ1) is 14.1. The molecule has 1 N–H and O–H groups in total. The van der Waals surface area contributed by atoms with E-state index in [-0.39, 0.29) is 10.8 Å². The van der Waals surface area contributed by atoms with Gasteiger partial charge in [-0.2, -0.15) is 0 Å². The van der Waals surface area contributed by atoms with Gasteiger partial charge in [0.25, 0.3) is 0 Å². The number of nitrogens with one attached hydrogen (secondary N) is 1. The van der Waals surface area contributed by atoms with Crippen LogP contribution in [0.1, 0.15) is 52.7 Å². The van der Waals surface area contributed by atoms with E-state index in [9.17, 15) is 0 Å². The second kappa shape index (κ2) is 7.36. The lowest BCUT2D eigenvalue weighted by Gasteiger charge is -2.22. The number of hydrogen-bond acceptors (Lipinski definition) is 2. The third-order valence-electron chi connectivity index (χ3n) is 5.61. The van der Waals surface area contributed by atoms with Gasteiger partial charge < -0.3 is 9.73 Å². The molecule has 2 heteroatoms. The molecule has 4 aromatic rings. The monoisotopic (exact) mass is 397 g/mol. The summed E-state index contributed by atoms with van der Waals surface area (Å²) in [5, 5.41) is 4.73. The molecule has 0 aliphatic rings. The molecule has 0 saturated carbocycles. The fraction of sp³-hybridized carbons (Fsp3) is 0.286. The van der Waals surface area contributed by atoms with Crippen LogP contribution in [0.5, 0.6) is 0 Å². The van der Waals surface area contributed by atoms with Crippen LogP contribution in [-0.4, -0.2) is 0 Å². The Balaban J connectivity index is 1.77. The average molecular weight is 398 g/mol. The number of para-hydroxylation sites is 1. The van der Waals surface area contributed by atoms with Gasteiger partial charge in [-0.1, -0.05) is 77.9 Å². The lowest BCUT2D eigenvalue weighted by atomic mass is 9.85. The van der Waals surface area contributed by atoms with E-state index in [0.717, 1.165) is 33.7 Å². The van der Waals surface area contributed by atoms with Crippen molar-refractivity contribution in [1.82, 2.24) is 0 Å². The molecule has 0 fully saturated rings. The van der Waals surface area contributed by atoms with Crippen molar-refractivity contribution in [1.29, 1.82) is 0 Å². The molecule has 0 radical (unpaired) electrons.